The summed E-state index contributed by atoms with van der Waals surface area (Å²) in [6, 6.07) is 5.59. The molecule has 0 unspecified atom stereocenters. The predicted molar refractivity (Wildman–Crippen MR) is 71.9 cm³/mol. The van der Waals surface area contributed by atoms with E-state index in [1.54, 1.807) is 0 Å². The third kappa shape index (κ3) is 2.52. The fourth-order valence-electron chi connectivity index (χ4n) is 1.52. The van der Waals surface area contributed by atoms with Crippen LogP contribution in [-0.2, 0) is 0 Å². The molecule has 18 heavy (non-hydrogen) atoms. The van der Waals surface area contributed by atoms with Crippen molar-refractivity contribution in [2.45, 2.75) is 6.92 Å². The van der Waals surface area contributed by atoms with Crippen molar-refractivity contribution in [3.05, 3.63) is 45.1 Å². The van der Waals surface area contributed by atoms with E-state index in [4.69, 9.17) is 16.7 Å². The summed E-state index contributed by atoms with van der Waals surface area (Å²) in [6.45, 7) is 1.90. The van der Waals surface area contributed by atoms with E-state index in [0.717, 1.165) is 15.6 Å². The Labute approximate surface area is 117 Å². The average molecular weight is 328 g/mol. The maximum absolute atomic E-state index is 11.0. The summed E-state index contributed by atoms with van der Waals surface area (Å²) in [4.78, 5) is 19.0. The summed E-state index contributed by atoms with van der Waals surface area (Å²) in [5, 5.41) is 9.00. The molecule has 1 aromatic heterocycles. The van der Waals surface area contributed by atoms with Crippen LogP contribution in [0.15, 0.2) is 28.9 Å². The molecule has 0 spiro atoms. The maximum atomic E-state index is 11.0. The fraction of sp³-hybridized carbons (Fsp3) is 0.0833. The summed E-state index contributed by atoms with van der Waals surface area (Å²) in [7, 11) is 0. The Morgan fingerprint density at radius 1 is 1.44 bits per heavy atom. The molecule has 0 aliphatic rings. The summed E-state index contributed by atoms with van der Waals surface area (Å²) in [5.41, 5.74) is 1.53. The number of aryl methyl sites for hydroxylation is 1. The first-order valence-corrected chi connectivity index (χ1v) is 6.18. The quantitative estimate of drug-likeness (QED) is 0.916. The van der Waals surface area contributed by atoms with Gasteiger partial charge in [-0.2, -0.15) is 0 Å². The van der Waals surface area contributed by atoms with Crippen LogP contribution in [0.5, 0.6) is 0 Å². The zero-order chi connectivity index (χ0) is 13.3. The first-order valence-electron chi connectivity index (χ1n) is 5.01. The van der Waals surface area contributed by atoms with Gasteiger partial charge in [-0.1, -0.05) is 27.5 Å². The van der Waals surface area contributed by atoms with E-state index < -0.39 is 5.97 Å². The average Bonchev–Trinajstić information content (AvgIpc) is 2.30. The second-order valence-electron chi connectivity index (χ2n) is 3.65. The van der Waals surface area contributed by atoms with Crippen LogP contribution in [-0.4, -0.2) is 21.0 Å². The molecule has 1 aromatic carbocycles. The molecule has 92 valence electrons. The van der Waals surface area contributed by atoms with Crippen molar-refractivity contribution < 1.29 is 9.90 Å². The monoisotopic (exact) mass is 326 g/mol. The Balaban J connectivity index is 2.58. The second kappa shape index (κ2) is 5.04. The number of halogens is 2. The minimum Gasteiger partial charge on any atom is -0.476 e. The molecule has 0 atom stereocenters. The van der Waals surface area contributed by atoms with Crippen LogP contribution in [0.25, 0.3) is 11.4 Å². The minimum atomic E-state index is -1.17. The van der Waals surface area contributed by atoms with Gasteiger partial charge in [0.15, 0.2) is 11.5 Å². The number of hydrogen-bond acceptors (Lipinski definition) is 3. The van der Waals surface area contributed by atoms with E-state index in [1.165, 1.54) is 6.20 Å². The highest BCUT2D eigenvalue weighted by molar-refractivity contribution is 9.10. The molecule has 0 saturated heterocycles. The smallest absolute Gasteiger partial charge is 0.356 e. The van der Waals surface area contributed by atoms with E-state index >= 15 is 0 Å². The highest BCUT2D eigenvalue weighted by Gasteiger charge is 2.14. The molecule has 2 rings (SSSR count). The van der Waals surface area contributed by atoms with E-state index in [1.807, 2.05) is 25.1 Å². The molecule has 6 heteroatoms. The van der Waals surface area contributed by atoms with Gasteiger partial charge in [-0.15, -0.1) is 0 Å². The van der Waals surface area contributed by atoms with Crippen LogP contribution >= 0.6 is 27.5 Å². The number of benzene rings is 1. The number of carboxylic acid groups (broad SMARTS) is 1. The van der Waals surface area contributed by atoms with Crippen LogP contribution in [0.1, 0.15) is 16.1 Å². The molecule has 0 saturated carbocycles. The summed E-state index contributed by atoms with van der Waals surface area (Å²) in [5.74, 6) is -0.819. The second-order valence-corrected chi connectivity index (χ2v) is 4.98. The SMILES string of the molecule is Cc1cc(Br)ccc1-c1ncc(Cl)c(C(=O)O)n1. The van der Waals surface area contributed by atoms with E-state index in [2.05, 4.69) is 25.9 Å². The van der Waals surface area contributed by atoms with Crippen molar-refractivity contribution in [1.29, 1.82) is 0 Å². The van der Waals surface area contributed by atoms with Crippen LogP contribution in [0.2, 0.25) is 5.02 Å². The summed E-state index contributed by atoms with van der Waals surface area (Å²) >= 11 is 9.09. The molecule has 0 bridgehead atoms. The Morgan fingerprint density at radius 3 is 2.78 bits per heavy atom. The number of rotatable bonds is 2. The normalized spacial score (nSPS) is 10.4. The number of nitrogens with zero attached hydrogens (tertiary/aromatic N) is 2. The van der Waals surface area contributed by atoms with Crippen molar-refractivity contribution in [3.63, 3.8) is 0 Å². The van der Waals surface area contributed by atoms with E-state index in [9.17, 15) is 4.79 Å². The van der Waals surface area contributed by atoms with Crippen molar-refractivity contribution in [2.24, 2.45) is 0 Å². The first-order chi connectivity index (χ1) is 8.49. The number of hydrogen-bond donors (Lipinski definition) is 1. The van der Waals surface area contributed by atoms with Gasteiger partial charge in [0.05, 0.1) is 11.2 Å². The van der Waals surface area contributed by atoms with Gasteiger partial charge >= 0.3 is 5.97 Å². The van der Waals surface area contributed by atoms with E-state index in [0.29, 0.717) is 5.82 Å². The van der Waals surface area contributed by atoms with Crippen LogP contribution in [0, 0.1) is 6.92 Å². The Hall–Kier alpha value is -1.46. The molecule has 0 aliphatic heterocycles. The molecular weight excluding hydrogens is 320 g/mol. The Bertz CT molecular complexity index is 631. The molecule has 0 fully saturated rings. The van der Waals surface area contributed by atoms with Gasteiger partial charge in [0.25, 0.3) is 0 Å². The van der Waals surface area contributed by atoms with Crippen molar-refractivity contribution in [2.75, 3.05) is 0 Å². The number of carbonyl (C=O) groups is 1. The molecule has 0 amide bonds. The lowest BCUT2D eigenvalue weighted by Gasteiger charge is -2.06. The topological polar surface area (TPSA) is 63.1 Å². The third-order valence-electron chi connectivity index (χ3n) is 2.38. The maximum Gasteiger partial charge on any atom is 0.356 e. The highest BCUT2D eigenvalue weighted by atomic mass is 79.9. The zero-order valence-corrected chi connectivity index (χ0v) is 11.7. The summed E-state index contributed by atoms with van der Waals surface area (Å²) < 4.78 is 0.941. The zero-order valence-electron chi connectivity index (χ0n) is 9.32. The molecule has 1 N–H and O–H groups in total. The van der Waals surface area contributed by atoms with Gasteiger partial charge in [0.1, 0.15) is 0 Å². The molecule has 0 radical (unpaired) electrons. The number of carboxylic acids is 1. The largest absolute Gasteiger partial charge is 0.476 e. The molecule has 0 aliphatic carbocycles. The summed E-state index contributed by atoms with van der Waals surface area (Å²) in [6.07, 6.45) is 1.30. The van der Waals surface area contributed by atoms with Gasteiger partial charge in [0, 0.05) is 10.0 Å². The molecule has 4 nitrogen and oxygen atoms in total. The standard InChI is InChI=1S/C12H8BrClN2O2/c1-6-4-7(13)2-3-8(6)11-15-5-9(14)10(16-11)12(17)18/h2-5H,1H3,(H,17,18). The lowest BCUT2D eigenvalue weighted by molar-refractivity contribution is 0.0690. The van der Waals surface area contributed by atoms with Gasteiger partial charge in [-0.3, -0.25) is 0 Å². The van der Waals surface area contributed by atoms with Gasteiger partial charge in [-0.25, -0.2) is 14.8 Å². The molecule has 1 heterocycles. The van der Waals surface area contributed by atoms with Crippen molar-refractivity contribution in [1.82, 2.24) is 9.97 Å². The first kappa shape index (κ1) is 13.0. The van der Waals surface area contributed by atoms with Gasteiger partial charge in [-0.05, 0) is 30.7 Å². The van der Waals surface area contributed by atoms with Crippen molar-refractivity contribution >= 4 is 33.5 Å². The molecule has 2 aromatic rings. The number of aromatic nitrogens is 2. The Morgan fingerprint density at radius 2 is 2.17 bits per heavy atom. The van der Waals surface area contributed by atoms with Gasteiger partial charge < -0.3 is 5.11 Å². The van der Waals surface area contributed by atoms with Crippen molar-refractivity contribution in [3.8, 4) is 11.4 Å². The van der Waals surface area contributed by atoms with Crippen LogP contribution in [0.3, 0.4) is 0 Å². The predicted octanol–water partition coefficient (Wildman–Crippen LogP) is 3.57. The van der Waals surface area contributed by atoms with Crippen LogP contribution in [0.4, 0.5) is 0 Å². The fourth-order valence-corrected chi connectivity index (χ4v) is 2.17. The lowest BCUT2D eigenvalue weighted by Crippen LogP contribution is -2.04. The number of aromatic carboxylic acids is 1. The third-order valence-corrected chi connectivity index (χ3v) is 3.15. The van der Waals surface area contributed by atoms with Crippen LogP contribution < -0.4 is 0 Å². The lowest BCUT2D eigenvalue weighted by atomic mass is 10.1. The molecular formula is C12H8BrClN2O2. The minimum absolute atomic E-state index is 0.0287. The van der Waals surface area contributed by atoms with E-state index in [-0.39, 0.29) is 10.7 Å². The highest BCUT2D eigenvalue weighted by Crippen LogP contribution is 2.25. The Kier molecular flexibility index (Phi) is 3.63. The van der Waals surface area contributed by atoms with Gasteiger partial charge in [0.2, 0.25) is 0 Å².